The van der Waals surface area contributed by atoms with Crippen LogP contribution in [0.15, 0.2) is 53.4 Å². The van der Waals surface area contributed by atoms with E-state index in [0.29, 0.717) is 5.56 Å². The van der Waals surface area contributed by atoms with E-state index in [-0.39, 0.29) is 17.7 Å². The Morgan fingerprint density at radius 2 is 1.89 bits per heavy atom. The van der Waals surface area contributed by atoms with Crippen molar-refractivity contribution in [2.75, 3.05) is 26.5 Å². The molecule has 0 amide bonds. The molecule has 1 heterocycles. The molecular formula is C22H25NO3S. The number of esters is 1. The average molecular weight is 384 g/mol. The summed E-state index contributed by atoms with van der Waals surface area (Å²) < 4.78 is 4.74. The topological polar surface area (TPSA) is 46.6 Å². The molecule has 1 fully saturated rings. The molecule has 142 valence electrons. The zero-order valence-corrected chi connectivity index (χ0v) is 16.6. The monoisotopic (exact) mass is 383 g/mol. The molecule has 0 spiro atoms. The maximum absolute atomic E-state index is 13.0. The second-order valence-electron chi connectivity index (χ2n) is 6.83. The van der Waals surface area contributed by atoms with Gasteiger partial charge in [-0.1, -0.05) is 30.3 Å². The highest BCUT2D eigenvalue weighted by Crippen LogP contribution is 2.27. The zero-order valence-electron chi connectivity index (χ0n) is 15.8. The standard InChI is InChI=1S/C22H25NO3S/c1-26-22(25)17-11-9-16(10-12-17)14-23-13-5-6-18(15-23)21(24)19-7-3-4-8-20(19)27-2/h3-4,7-12,18H,5-6,13-15H2,1-2H3/t18-/m0/s1. The molecule has 0 unspecified atom stereocenters. The Morgan fingerprint density at radius 1 is 1.15 bits per heavy atom. The molecule has 1 aliphatic rings. The molecule has 0 saturated carbocycles. The molecule has 1 aliphatic heterocycles. The molecule has 2 aromatic rings. The van der Waals surface area contributed by atoms with Crippen molar-refractivity contribution in [3.8, 4) is 0 Å². The number of Topliss-reactive ketones (excluding diaryl/α,β-unsaturated/α-hetero) is 1. The van der Waals surface area contributed by atoms with Gasteiger partial charge in [0.25, 0.3) is 0 Å². The predicted octanol–water partition coefficient (Wildman–Crippen LogP) is 4.29. The molecular weight excluding hydrogens is 358 g/mol. The van der Waals surface area contributed by atoms with E-state index in [1.165, 1.54) is 7.11 Å². The van der Waals surface area contributed by atoms with Gasteiger partial charge in [-0.15, -0.1) is 11.8 Å². The van der Waals surface area contributed by atoms with Gasteiger partial charge in [0, 0.05) is 29.5 Å². The number of ketones is 1. The first-order chi connectivity index (χ1) is 13.1. The number of benzene rings is 2. The highest BCUT2D eigenvalue weighted by molar-refractivity contribution is 7.98. The van der Waals surface area contributed by atoms with Gasteiger partial charge >= 0.3 is 5.97 Å². The first-order valence-electron chi connectivity index (χ1n) is 9.19. The zero-order chi connectivity index (χ0) is 19.2. The lowest BCUT2D eigenvalue weighted by Crippen LogP contribution is -2.38. The Balaban J connectivity index is 1.65. The van der Waals surface area contributed by atoms with Crippen molar-refractivity contribution in [1.29, 1.82) is 0 Å². The summed E-state index contributed by atoms with van der Waals surface area (Å²) in [5.41, 5.74) is 2.54. The maximum atomic E-state index is 13.0. The van der Waals surface area contributed by atoms with E-state index in [0.717, 1.165) is 48.5 Å². The van der Waals surface area contributed by atoms with Crippen LogP contribution in [-0.4, -0.2) is 43.1 Å². The molecule has 0 bridgehead atoms. The minimum atomic E-state index is -0.322. The molecule has 0 radical (unpaired) electrons. The van der Waals surface area contributed by atoms with Gasteiger partial charge in [0.1, 0.15) is 0 Å². The molecule has 0 aliphatic carbocycles. The van der Waals surface area contributed by atoms with Crippen LogP contribution in [0.5, 0.6) is 0 Å². The van der Waals surface area contributed by atoms with Gasteiger partial charge in [-0.2, -0.15) is 0 Å². The van der Waals surface area contributed by atoms with Crippen LogP contribution in [0, 0.1) is 5.92 Å². The van der Waals surface area contributed by atoms with Crippen LogP contribution >= 0.6 is 11.8 Å². The maximum Gasteiger partial charge on any atom is 0.337 e. The van der Waals surface area contributed by atoms with Crippen LogP contribution in [-0.2, 0) is 11.3 Å². The van der Waals surface area contributed by atoms with Crippen molar-refractivity contribution in [2.24, 2.45) is 5.92 Å². The minimum absolute atomic E-state index is 0.0430. The van der Waals surface area contributed by atoms with Crippen LogP contribution < -0.4 is 0 Å². The highest BCUT2D eigenvalue weighted by Gasteiger charge is 2.27. The third kappa shape index (κ3) is 4.79. The van der Waals surface area contributed by atoms with E-state index >= 15 is 0 Å². The number of methoxy groups -OCH3 is 1. The quantitative estimate of drug-likeness (QED) is 0.423. The summed E-state index contributed by atoms with van der Waals surface area (Å²) in [6.45, 7) is 2.56. The molecule has 5 heteroatoms. The van der Waals surface area contributed by atoms with Gasteiger partial charge in [-0.05, 0) is 49.4 Å². The summed E-state index contributed by atoms with van der Waals surface area (Å²) in [6, 6.07) is 15.4. The number of nitrogens with zero attached hydrogens (tertiary/aromatic N) is 1. The number of carbonyl (C=O) groups is 2. The molecule has 2 aromatic carbocycles. The summed E-state index contributed by atoms with van der Waals surface area (Å²) in [5.74, 6) is -0.0234. The average Bonchev–Trinajstić information content (AvgIpc) is 2.73. The highest BCUT2D eigenvalue weighted by atomic mass is 32.2. The largest absolute Gasteiger partial charge is 0.465 e. The van der Waals surface area contributed by atoms with E-state index in [4.69, 9.17) is 4.74 Å². The third-order valence-electron chi connectivity index (χ3n) is 5.03. The van der Waals surface area contributed by atoms with Crippen molar-refractivity contribution in [3.05, 3.63) is 65.2 Å². The van der Waals surface area contributed by atoms with Gasteiger partial charge < -0.3 is 4.74 Å². The number of piperidine rings is 1. The summed E-state index contributed by atoms with van der Waals surface area (Å²) in [5, 5.41) is 0. The van der Waals surface area contributed by atoms with E-state index in [1.54, 1.807) is 23.9 Å². The first-order valence-corrected chi connectivity index (χ1v) is 10.4. The molecule has 1 atom stereocenters. The van der Waals surface area contributed by atoms with Crippen LogP contribution in [0.25, 0.3) is 0 Å². The van der Waals surface area contributed by atoms with Crippen molar-refractivity contribution in [3.63, 3.8) is 0 Å². The second-order valence-corrected chi connectivity index (χ2v) is 7.68. The smallest absolute Gasteiger partial charge is 0.337 e. The molecule has 3 rings (SSSR count). The lowest BCUT2D eigenvalue weighted by Gasteiger charge is -2.32. The number of ether oxygens (including phenoxy) is 1. The van der Waals surface area contributed by atoms with Crippen molar-refractivity contribution >= 4 is 23.5 Å². The van der Waals surface area contributed by atoms with Crippen molar-refractivity contribution < 1.29 is 14.3 Å². The SMILES string of the molecule is COC(=O)c1ccc(CN2CCC[C@H](C(=O)c3ccccc3SC)C2)cc1. The fourth-order valence-corrected chi connectivity index (χ4v) is 4.21. The number of hydrogen-bond donors (Lipinski definition) is 0. The van der Waals surface area contributed by atoms with Gasteiger partial charge in [0.2, 0.25) is 0 Å². The Morgan fingerprint density at radius 3 is 2.59 bits per heavy atom. The summed E-state index contributed by atoms with van der Waals surface area (Å²) >= 11 is 1.62. The van der Waals surface area contributed by atoms with Crippen LogP contribution in [0.3, 0.4) is 0 Å². The lowest BCUT2D eigenvalue weighted by atomic mass is 9.89. The van der Waals surface area contributed by atoms with Crippen LogP contribution in [0.1, 0.15) is 39.1 Å². The fourth-order valence-electron chi connectivity index (χ4n) is 3.60. The van der Waals surface area contributed by atoms with E-state index in [9.17, 15) is 9.59 Å². The van der Waals surface area contributed by atoms with E-state index in [2.05, 4.69) is 4.90 Å². The first kappa shape index (κ1) is 19.6. The number of rotatable bonds is 6. The summed E-state index contributed by atoms with van der Waals surface area (Å²) in [4.78, 5) is 28.0. The number of hydrogen-bond acceptors (Lipinski definition) is 5. The van der Waals surface area contributed by atoms with E-state index in [1.807, 2.05) is 42.7 Å². The summed E-state index contributed by atoms with van der Waals surface area (Å²) in [7, 11) is 1.39. The molecule has 4 nitrogen and oxygen atoms in total. The predicted molar refractivity (Wildman–Crippen MR) is 108 cm³/mol. The molecule has 0 N–H and O–H groups in total. The lowest BCUT2D eigenvalue weighted by molar-refractivity contribution is 0.0600. The van der Waals surface area contributed by atoms with Crippen LogP contribution in [0.4, 0.5) is 0 Å². The number of thioether (sulfide) groups is 1. The Bertz CT molecular complexity index is 803. The molecule has 0 aromatic heterocycles. The summed E-state index contributed by atoms with van der Waals surface area (Å²) in [6.07, 6.45) is 3.98. The number of carbonyl (C=O) groups excluding carboxylic acids is 2. The van der Waals surface area contributed by atoms with Crippen LogP contribution in [0.2, 0.25) is 0 Å². The van der Waals surface area contributed by atoms with Gasteiger partial charge in [-0.25, -0.2) is 4.79 Å². The fraction of sp³-hybridized carbons (Fsp3) is 0.364. The molecule has 1 saturated heterocycles. The minimum Gasteiger partial charge on any atom is -0.465 e. The number of likely N-dealkylation sites (tertiary alicyclic amines) is 1. The normalized spacial score (nSPS) is 17.5. The Hall–Kier alpha value is -2.11. The third-order valence-corrected chi connectivity index (χ3v) is 5.83. The second kappa shape index (κ2) is 9.20. The van der Waals surface area contributed by atoms with Gasteiger partial charge in [0.05, 0.1) is 12.7 Å². The van der Waals surface area contributed by atoms with Crippen molar-refractivity contribution in [1.82, 2.24) is 4.90 Å². The molecule has 27 heavy (non-hydrogen) atoms. The van der Waals surface area contributed by atoms with Crippen molar-refractivity contribution in [2.45, 2.75) is 24.3 Å². The van der Waals surface area contributed by atoms with Gasteiger partial charge in [-0.3, -0.25) is 9.69 Å². The Kier molecular flexibility index (Phi) is 6.69. The van der Waals surface area contributed by atoms with E-state index < -0.39 is 0 Å². The van der Waals surface area contributed by atoms with Gasteiger partial charge in [0.15, 0.2) is 5.78 Å². The Labute approximate surface area is 164 Å².